The van der Waals surface area contributed by atoms with Crippen LogP contribution in [0.1, 0.15) is 105 Å². The van der Waals surface area contributed by atoms with Crippen LogP contribution < -0.4 is 0 Å². The monoisotopic (exact) mass is 344 g/mol. The van der Waals surface area contributed by atoms with Crippen LogP contribution in [-0.2, 0) is 0 Å². The smallest absolute Gasteiger partial charge is 0.0192 e. The molecule has 0 spiro atoms. The molecule has 0 bridgehead atoms. The van der Waals surface area contributed by atoms with E-state index in [2.05, 4.69) is 45.1 Å². The lowest BCUT2D eigenvalue weighted by atomic mass is 9.80. The van der Waals surface area contributed by atoms with Crippen LogP contribution in [0.25, 0.3) is 0 Å². The van der Waals surface area contributed by atoms with Crippen LogP contribution in [0.3, 0.4) is 0 Å². The fourth-order valence-corrected chi connectivity index (χ4v) is 4.28. The quantitative estimate of drug-likeness (QED) is 0.320. The fourth-order valence-electron chi connectivity index (χ4n) is 4.28. The molecule has 3 atom stereocenters. The van der Waals surface area contributed by atoms with Crippen LogP contribution >= 0.6 is 0 Å². The van der Waals surface area contributed by atoms with E-state index < -0.39 is 0 Å². The van der Waals surface area contributed by atoms with Crippen molar-refractivity contribution in [3.63, 3.8) is 0 Å². The van der Waals surface area contributed by atoms with E-state index in [-0.39, 0.29) is 0 Å². The van der Waals surface area contributed by atoms with Gasteiger partial charge in [0, 0.05) is 0 Å². The normalized spacial score (nSPS) is 27.2. The molecular formula is C25H44. The lowest BCUT2D eigenvalue weighted by molar-refractivity contribution is 0.394. The highest BCUT2D eigenvalue weighted by Gasteiger charge is 2.25. The van der Waals surface area contributed by atoms with E-state index in [1.54, 1.807) is 11.1 Å². The van der Waals surface area contributed by atoms with Crippen molar-refractivity contribution in [2.45, 2.75) is 105 Å². The minimum absolute atomic E-state index is 0.771. The Morgan fingerprint density at radius 1 is 1.08 bits per heavy atom. The molecule has 2 rings (SSSR count). The number of unbranched alkanes of at least 4 members (excludes halogenated alkanes) is 2. The Morgan fingerprint density at radius 2 is 1.84 bits per heavy atom. The molecule has 0 amide bonds. The third kappa shape index (κ3) is 8.43. The summed E-state index contributed by atoms with van der Waals surface area (Å²) in [6.07, 6.45) is 24.9. The summed E-state index contributed by atoms with van der Waals surface area (Å²) in [5, 5.41) is 0. The SMILES string of the molecule is CC.CCCC/C=C\CC[C@H]1C=C(C)[C@@H](C)CC(C2=CCCCC2)C1. The van der Waals surface area contributed by atoms with Gasteiger partial charge in [0.05, 0.1) is 0 Å². The molecule has 144 valence electrons. The van der Waals surface area contributed by atoms with Gasteiger partial charge in [-0.3, -0.25) is 0 Å². The minimum Gasteiger partial charge on any atom is -0.0885 e. The van der Waals surface area contributed by atoms with Gasteiger partial charge < -0.3 is 0 Å². The molecule has 2 aliphatic rings. The second-order valence-electron chi connectivity index (χ2n) is 7.96. The first-order valence-electron chi connectivity index (χ1n) is 11.2. The molecule has 2 aliphatic carbocycles. The van der Waals surface area contributed by atoms with E-state index in [4.69, 9.17) is 0 Å². The molecule has 0 saturated heterocycles. The first-order chi connectivity index (χ1) is 12.2. The van der Waals surface area contributed by atoms with Crippen molar-refractivity contribution in [3.05, 3.63) is 35.5 Å². The predicted octanol–water partition coefficient (Wildman–Crippen LogP) is 8.65. The van der Waals surface area contributed by atoms with Gasteiger partial charge in [-0.1, -0.05) is 76.0 Å². The standard InChI is InChI=1S/C23H38.C2H6/c1-4-5-6-7-8-10-13-21-16-19(2)20(3)17-23(18-21)22-14-11-9-12-15-22;1-2/h7-8,14,16,20-21,23H,4-6,9-13,15,17-18H2,1-3H3;1-2H3/b8-7-;/t20-,21-,23?;/m0./s1. The summed E-state index contributed by atoms with van der Waals surface area (Å²) in [5.41, 5.74) is 3.44. The molecule has 0 aromatic heterocycles. The van der Waals surface area contributed by atoms with Crippen molar-refractivity contribution in [3.8, 4) is 0 Å². The van der Waals surface area contributed by atoms with Crippen LogP contribution in [0.5, 0.6) is 0 Å². The molecule has 25 heavy (non-hydrogen) atoms. The van der Waals surface area contributed by atoms with Crippen LogP contribution in [0.4, 0.5) is 0 Å². The Bertz CT molecular complexity index is 423. The highest BCUT2D eigenvalue weighted by molar-refractivity contribution is 5.16. The largest absolute Gasteiger partial charge is 0.0885 e. The Balaban J connectivity index is 0.00000151. The number of rotatable bonds is 7. The predicted molar refractivity (Wildman–Crippen MR) is 115 cm³/mol. The van der Waals surface area contributed by atoms with Crippen molar-refractivity contribution >= 4 is 0 Å². The van der Waals surface area contributed by atoms with Crippen molar-refractivity contribution in [1.82, 2.24) is 0 Å². The summed E-state index contributed by atoms with van der Waals surface area (Å²) >= 11 is 0. The second-order valence-corrected chi connectivity index (χ2v) is 7.96. The van der Waals surface area contributed by atoms with Gasteiger partial charge in [-0.25, -0.2) is 0 Å². The third-order valence-corrected chi connectivity index (χ3v) is 5.95. The van der Waals surface area contributed by atoms with Gasteiger partial charge in [0.2, 0.25) is 0 Å². The number of hydrogen-bond donors (Lipinski definition) is 0. The van der Waals surface area contributed by atoms with Gasteiger partial charge >= 0.3 is 0 Å². The summed E-state index contributed by atoms with van der Waals surface area (Å²) < 4.78 is 0. The maximum Gasteiger partial charge on any atom is -0.0192 e. The van der Waals surface area contributed by atoms with Gasteiger partial charge in [-0.05, 0) is 82.5 Å². The summed E-state index contributed by atoms with van der Waals surface area (Å²) in [4.78, 5) is 0. The molecule has 0 aromatic rings. The van der Waals surface area contributed by atoms with Crippen molar-refractivity contribution in [2.75, 3.05) is 0 Å². The topological polar surface area (TPSA) is 0 Å². The van der Waals surface area contributed by atoms with Gasteiger partial charge in [0.15, 0.2) is 0 Å². The van der Waals surface area contributed by atoms with Crippen LogP contribution in [0, 0.1) is 17.8 Å². The van der Waals surface area contributed by atoms with Crippen molar-refractivity contribution in [1.29, 1.82) is 0 Å². The van der Waals surface area contributed by atoms with Crippen LogP contribution in [-0.4, -0.2) is 0 Å². The molecule has 0 aromatic carbocycles. The highest BCUT2D eigenvalue weighted by Crippen LogP contribution is 2.39. The molecule has 1 unspecified atom stereocenters. The molecule has 0 fully saturated rings. The van der Waals surface area contributed by atoms with E-state index in [0.29, 0.717) is 0 Å². The maximum absolute atomic E-state index is 2.62. The third-order valence-electron chi connectivity index (χ3n) is 5.95. The first-order valence-corrected chi connectivity index (χ1v) is 11.2. The van der Waals surface area contributed by atoms with Gasteiger partial charge in [0.1, 0.15) is 0 Å². The van der Waals surface area contributed by atoms with Crippen LogP contribution in [0.15, 0.2) is 35.5 Å². The van der Waals surface area contributed by atoms with Gasteiger partial charge in [-0.15, -0.1) is 0 Å². The molecule has 0 aliphatic heterocycles. The first kappa shape index (κ1) is 22.3. The van der Waals surface area contributed by atoms with Crippen LogP contribution in [0.2, 0.25) is 0 Å². The Hall–Kier alpha value is -0.780. The summed E-state index contributed by atoms with van der Waals surface area (Å²) in [7, 11) is 0. The van der Waals surface area contributed by atoms with E-state index in [9.17, 15) is 0 Å². The molecule has 0 N–H and O–H groups in total. The second kappa shape index (κ2) is 13.4. The fraction of sp³-hybridized carbons (Fsp3) is 0.760. The highest BCUT2D eigenvalue weighted by atomic mass is 14.3. The lowest BCUT2D eigenvalue weighted by Crippen LogP contribution is -2.12. The zero-order valence-corrected chi connectivity index (χ0v) is 17.8. The number of hydrogen-bond acceptors (Lipinski definition) is 0. The average molecular weight is 345 g/mol. The van der Waals surface area contributed by atoms with Crippen molar-refractivity contribution in [2.24, 2.45) is 17.8 Å². The van der Waals surface area contributed by atoms with Crippen molar-refractivity contribution < 1.29 is 0 Å². The van der Waals surface area contributed by atoms with E-state index >= 15 is 0 Å². The maximum atomic E-state index is 2.62. The lowest BCUT2D eigenvalue weighted by Gasteiger charge is -2.26. The van der Waals surface area contributed by atoms with E-state index in [1.807, 2.05) is 13.8 Å². The Kier molecular flexibility index (Phi) is 12.0. The van der Waals surface area contributed by atoms with E-state index in [1.165, 1.54) is 70.6 Å². The van der Waals surface area contributed by atoms with Gasteiger partial charge in [-0.2, -0.15) is 0 Å². The molecule has 0 saturated carbocycles. The minimum atomic E-state index is 0.771. The molecule has 0 heteroatoms. The molecule has 0 nitrogen and oxygen atoms in total. The zero-order valence-electron chi connectivity index (χ0n) is 17.8. The summed E-state index contributed by atoms with van der Waals surface area (Å²) in [5.74, 6) is 2.42. The average Bonchev–Trinajstić information content (AvgIpc) is 2.79. The molecule has 0 heterocycles. The Morgan fingerprint density at radius 3 is 2.52 bits per heavy atom. The number of allylic oxidation sites excluding steroid dienone is 6. The summed E-state index contributed by atoms with van der Waals surface area (Å²) in [6.45, 7) is 11.1. The van der Waals surface area contributed by atoms with E-state index in [0.717, 1.165) is 17.8 Å². The Labute approximate surface area is 158 Å². The zero-order chi connectivity index (χ0) is 18.5. The molecule has 0 radical (unpaired) electrons. The molecular weight excluding hydrogens is 300 g/mol. The summed E-state index contributed by atoms with van der Waals surface area (Å²) in [6, 6.07) is 0. The van der Waals surface area contributed by atoms with Gasteiger partial charge in [0.25, 0.3) is 0 Å².